The largest absolute Gasteiger partial charge is 0.459 e. The van der Waals surface area contributed by atoms with Crippen molar-refractivity contribution < 1.29 is 26.7 Å². The van der Waals surface area contributed by atoms with Crippen molar-refractivity contribution in [1.82, 2.24) is 5.43 Å². The van der Waals surface area contributed by atoms with Crippen molar-refractivity contribution >= 4 is 27.9 Å². The van der Waals surface area contributed by atoms with Gasteiger partial charge in [-0.1, -0.05) is 12.1 Å². The van der Waals surface area contributed by atoms with Gasteiger partial charge >= 0.3 is 16.0 Å². The Hall–Kier alpha value is -3.99. The van der Waals surface area contributed by atoms with E-state index in [0.717, 1.165) is 24.3 Å². The average Bonchev–Trinajstić information content (AvgIpc) is 3.23. The van der Waals surface area contributed by atoms with Crippen molar-refractivity contribution in [3.8, 4) is 5.75 Å². The van der Waals surface area contributed by atoms with Crippen molar-refractivity contribution in [3.05, 3.63) is 88.4 Å². The smallest absolute Gasteiger partial charge is 0.339 e. The molecule has 0 fully saturated rings. The van der Waals surface area contributed by atoms with E-state index >= 15 is 0 Å². The fourth-order valence-electron chi connectivity index (χ4n) is 2.18. The van der Waals surface area contributed by atoms with Gasteiger partial charge in [0.2, 0.25) is 0 Å². The van der Waals surface area contributed by atoms with Crippen molar-refractivity contribution in [1.29, 1.82) is 0 Å². The Morgan fingerprint density at radius 3 is 2.55 bits per heavy atom. The van der Waals surface area contributed by atoms with Crippen LogP contribution in [0.2, 0.25) is 0 Å². The molecule has 1 amide bonds. The molecule has 0 aliphatic heterocycles. The number of nitro benzene ring substituents is 1. The summed E-state index contributed by atoms with van der Waals surface area (Å²) in [5.41, 5.74) is 2.49. The molecule has 2 aromatic carbocycles. The van der Waals surface area contributed by atoms with E-state index in [4.69, 9.17) is 8.60 Å². The van der Waals surface area contributed by atoms with Gasteiger partial charge in [0.15, 0.2) is 5.76 Å². The van der Waals surface area contributed by atoms with Gasteiger partial charge in [0.05, 0.1) is 17.4 Å². The Labute approximate surface area is 164 Å². The molecule has 1 heterocycles. The molecule has 0 aliphatic carbocycles. The normalized spacial score (nSPS) is 11.3. The van der Waals surface area contributed by atoms with E-state index in [2.05, 4.69) is 10.5 Å². The van der Waals surface area contributed by atoms with Gasteiger partial charge in [0.25, 0.3) is 5.69 Å². The number of hydrazone groups is 1. The molecule has 29 heavy (non-hydrogen) atoms. The standard InChI is InChI=1S/C18H13N3O7S/c22-18(17-5-2-10-27-17)20-19-12-13-3-1-4-15(11-13)28-29(25,26)16-8-6-14(7-9-16)21(23)24/h1-12H,(H,20,22)/b19-12-. The maximum absolute atomic E-state index is 12.3. The highest BCUT2D eigenvalue weighted by Gasteiger charge is 2.18. The third-order valence-electron chi connectivity index (χ3n) is 3.52. The summed E-state index contributed by atoms with van der Waals surface area (Å²) < 4.78 is 34.6. The Bertz CT molecular complexity index is 1150. The second kappa shape index (κ2) is 8.35. The summed E-state index contributed by atoms with van der Waals surface area (Å²) in [4.78, 5) is 21.5. The molecule has 148 valence electrons. The van der Waals surface area contributed by atoms with Crippen molar-refractivity contribution in [2.75, 3.05) is 0 Å². The average molecular weight is 415 g/mol. The first kappa shape index (κ1) is 19.8. The molecule has 3 aromatic rings. The van der Waals surface area contributed by atoms with Crippen LogP contribution in [-0.4, -0.2) is 25.5 Å². The lowest BCUT2D eigenvalue weighted by molar-refractivity contribution is -0.384. The predicted molar refractivity (Wildman–Crippen MR) is 101 cm³/mol. The van der Waals surface area contributed by atoms with Crippen LogP contribution in [0.15, 0.2) is 81.3 Å². The van der Waals surface area contributed by atoms with Crippen LogP contribution in [-0.2, 0) is 10.1 Å². The van der Waals surface area contributed by atoms with E-state index in [1.807, 2.05) is 0 Å². The van der Waals surface area contributed by atoms with Crippen LogP contribution >= 0.6 is 0 Å². The first-order valence-electron chi connectivity index (χ1n) is 8.01. The number of nitrogens with one attached hydrogen (secondary N) is 1. The molecule has 1 N–H and O–H groups in total. The monoisotopic (exact) mass is 415 g/mol. The molecule has 10 nitrogen and oxygen atoms in total. The number of hydrogen-bond donors (Lipinski definition) is 1. The lowest BCUT2D eigenvalue weighted by Gasteiger charge is -2.07. The van der Waals surface area contributed by atoms with Crippen LogP contribution in [0.4, 0.5) is 5.69 Å². The number of hydrogen-bond acceptors (Lipinski definition) is 8. The zero-order valence-corrected chi connectivity index (χ0v) is 15.4. The summed E-state index contributed by atoms with van der Waals surface area (Å²) in [6, 6.07) is 13.3. The zero-order valence-electron chi connectivity index (χ0n) is 14.6. The Morgan fingerprint density at radius 2 is 1.90 bits per heavy atom. The third kappa shape index (κ3) is 5.05. The van der Waals surface area contributed by atoms with E-state index in [1.54, 1.807) is 12.1 Å². The number of furan rings is 1. The van der Waals surface area contributed by atoms with E-state index in [0.29, 0.717) is 5.56 Å². The molecule has 0 unspecified atom stereocenters. The summed E-state index contributed by atoms with van der Waals surface area (Å²) in [6.45, 7) is 0. The molecule has 0 atom stereocenters. The van der Waals surface area contributed by atoms with Gasteiger partial charge in [0.1, 0.15) is 10.6 Å². The van der Waals surface area contributed by atoms with Gasteiger partial charge in [-0.15, -0.1) is 0 Å². The summed E-state index contributed by atoms with van der Waals surface area (Å²) in [6.07, 6.45) is 2.65. The van der Waals surface area contributed by atoms with E-state index in [9.17, 15) is 23.3 Å². The molecule has 3 rings (SSSR count). The van der Waals surface area contributed by atoms with Gasteiger partial charge in [-0.25, -0.2) is 5.43 Å². The molecule has 0 aliphatic rings. The number of nitro groups is 1. The minimum Gasteiger partial charge on any atom is -0.459 e. The highest BCUT2D eigenvalue weighted by molar-refractivity contribution is 7.87. The molecule has 0 bridgehead atoms. The number of amides is 1. The van der Waals surface area contributed by atoms with Crippen LogP contribution in [0.5, 0.6) is 5.75 Å². The number of nitrogens with zero attached hydrogens (tertiary/aromatic N) is 2. The highest BCUT2D eigenvalue weighted by atomic mass is 32.2. The Kier molecular flexibility index (Phi) is 5.69. The fourth-order valence-corrected chi connectivity index (χ4v) is 3.11. The summed E-state index contributed by atoms with van der Waals surface area (Å²) >= 11 is 0. The third-order valence-corrected chi connectivity index (χ3v) is 4.79. The highest BCUT2D eigenvalue weighted by Crippen LogP contribution is 2.21. The SMILES string of the molecule is O=C(N/N=C\c1cccc(OS(=O)(=O)c2ccc([N+](=O)[O-])cc2)c1)c1ccco1. The molecule has 11 heteroatoms. The second-order valence-electron chi connectivity index (χ2n) is 5.54. The number of non-ortho nitro benzene ring substituents is 1. The molecule has 0 spiro atoms. The fraction of sp³-hybridized carbons (Fsp3) is 0. The number of rotatable bonds is 7. The van der Waals surface area contributed by atoms with Crippen LogP contribution in [0.25, 0.3) is 0 Å². The first-order valence-corrected chi connectivity index (χ1v) is 9.42. The van der Waals surface area contributed by atoms with Crippen LogP contribution in [0.3, 0.4) is 0 Å². The first-order chi connectivity index (χ1) is 13.8. The molecular formula is C18H13N3O7S. The van der Waals surface area contributed by atoms with Crippen LogP contribution in [0.1, 0.15) is 16.1 Å². The lowest BCUT2D eigenvalue weighted by atomic mass is 10.2. The van der Waals surface area contributed by atoms with Crippen molar-refractivity contribution in [3.63, 3.8) is 0 Å². The summed E-state index contributed by atoms with van der Waals surface area (Å²) in [5.74, 6) is -0.447. The van der Waals surface area contributed by atoms with Gasteiger partial charge in [-0.2, -0.15) is 13.5 Å². The molecular weight excluding hydrogens is 402 g/mol. The van der Waals surface area contributed by atoms with Crippen molar-refractivity contribution in [2.24, 2.45) is 5.10 Å². The van der Waals surface area contributed by atoms with E-state index in [-0.39, 0.29) is 22.1 Å². The van der Waals surface area contributed by atoms with Gasteiger partial charge in [-0.3, -0.25) is 14.9 Å². The van der Waals surface area contributed by atoms with Crippen LogP contribution < -0.4 is 9.61 Å². The lowest BCUT2D eigenvalue weighted by Crippen LogP contribution is -2.16. The van der Waals surface area contributed by atoms with Crippen molar-refractivity contribution in [2.45, 2.75) is 4.90 Å². The number of benzene rings is 2. The van der Waals surface area contributed by atoms with E-state index < -0.39 is 20.9 Å². The summed E-state index contributed by atoms with van der Waals surface area (Å²) in [7, 11) is -4.19. The van der Waals surface area contributed by atoms with Gasteiger partial charge < -0.3 is 8.60 Å². The zero-order chi connectivity index (χ0) is 20.9. The second-order valence-corrected chi connectivity index (χ2v) is 7.08. The Balaban J connectivity index is 1.69. The minimum absolute atomic E-state index is 0.00432. The van der Waals surface area contributed by atoms with Crippen LogP contribution in [0, 0.1) is 10.1 Å². The predicted octanol–water partition coefficient (Wildman–Crippen LogP) is 2.72. The molecule has 0 radical (unpaired) electrons. The Morgan fingerprint density at radius 1 is 1.14 bits per heavy atom. The summed E-state index contributed by atoms with van der Waals surface area (Å²) in [5, 5.41) is 14.4. The van der Waals surface area contributed by atoms with E-state index in [1.165, 1.54) is 36.7 Å². The molecule has 1 aromatic heterocycles. The maximum atomic E-state index is 12.3. The van der Waals surface area contributed by atoms with Gasteiger partial charge in [-0.05, 0) is 42.0 Å². The number of carbonyl (C=O) groups excluding carboxylic acids is 1. The maximum Gasteiger partial charge on any atom is 0.339 e. The number of carbonyl (C=O) groups is 1. The topological polar surface area (TPSA) is 141 Å². The van der Waals surface area contributed by atoms with Gasteiger partial charge in [0, 0.05) is 12.1 Å². The minimum atomic E-state index is -4.19. The molecule has 0 saturated carbocycles. The quantitative estimate of drug-likeness (QED) is 0.271. The molecule has 0 saturated heterocycles.